The first-order valence-electron chi connectivity index (χ1n) is 8.27. The van der Waals surface area contributed by atoms with E-state index in [1.807, 2.05) is 4.90 Å². The fraction of sp³-hybridized carbons (Fsp3) is 0.667. The summed E-state index contributed by atoms with van der Waals surface area (Å²) in [5.41, 5.74) is 6.52. The van der Waals surface area contributed by atoms with Crippen molar-refractivity contribution in [3.8, 4) is 0 Å². The zero-order valence-electron chi connectivity index (χ0n) is 13.5. The van der Waals surface area contributed by atoms with Gasteiger partial charge in [-0.25, -0.2) is 8.42 Å². The SMILES string of the molecule is Nc1cc(S(=O)(=O)N2CCCCC2)sc1N1CCC(C(=O)O)CC1. The number of hydrogen-bond donors (Lipinski definition) is 2. The van der Waals surface area contributed by atoms with Gasteiger partial charge in [0.05, 0.1) is 11.6 Å². The fourth-order valence-electron chi connectivity index (χ4n) is 3.31. The topological polar surface area (TPSA) is 104 Å². The molecule has 2 aliphatic rings. The molecule has 0 unspecified atom stereocenters. The number of nitrogen functional groups attached to an aromatic ring is 1. The predicted molar refractivity (Wildman–Crippen MR) is 93.9 cm³/mol. The number of aliphatic carboxylic acids is 1. The Hall–Kier alpha value is -1.32. The van der Waals surface area contributed by atoms with E-state index in [1.54, 1.807) is 10.4 Å². The van der Waals surface area contributed by atoms with Crippen LogP contribution in [0.5, 0.6) is 0 Å². The van der Waals surface area contributed by atoms with Crippen molar-refractivity contribution in [2.75, 3.05) is 36.8 Å². The summed E-state index contributed by atoms with van der Waals surface area (Å²) in [5, 5.41) is 9.82. The van der Waals surface area contributed by atoms with E-state index in [-0.39, 0.29) is 10.1 Å². The summed E-state index contributed by atoms with van der Waals surface area (Å²) in [5.74, 6) is -1.08. The third-order valence-corrected chi connectivity index (χ3v) is 8.32. The number of carbonyl (C=O) groups is 1. The first kappa shape index (κ1) is 17.5. The van der Waals surface area contributed by atoms with E-state index in [9.17, 15) is 13.2 Å². The minimum absolute atomic E-state index is 0.289. The van der Waals surface area contributed by atoms with Crippen molar-refractivity contribution in [2.45, 2.75) is 36.3 Å². The molecule has 24 heavy (non-hydrogen) atoms. The maximum atomic E-state index is 12.8. The van der Waals surface area contributed by atoms with Crippen molar-refractivity contribution in [1.29, 1.82) is 0 Å². The van der Waals surface area contributed by atoms with E-state index < -0.39 is 16.0 Å². The maximum Gasteiger partial charge on any atom is 0.306 e. The summed E-state index contributed by atoms with van der Waals surface area (Å²) in [7, 11) is -3.48. The van der Waals surface area contributed by atoms with E-state index in [4.69, 9.17) is 10.8 Å². The van der Waals surface area contributed by atoms with Crippen LogP contribution in [0, 0.1) is 5.92 Å². The number of rotatable bonds is 4. The van der Waals surface area contributed by atoms with E-state index >= 15 is 0 Å². The largest absolute Gasteiger partial charge is 0.481 e. The lowest BCUT2D eigenvalue weighted by molar-refractivity contribution is -0.142. The Bertz CT molecular complexity index is 702. The molecular weight excluding hydrogens is 350 g/mol. The molecule has 3 N–H and O–H groups in total. The molecule has 0 aromatic carbocycles. The van der Waals surface area contributed by atoms with Crippen LogP contribution in [0.15, 0.2) is 10.3 Å². The van der Waals surface area contributed by atoms with Crippen LogP contribution in [-0.2, 0) is 14.8 Å². The minimum Gasteiger partial charge on any atom is -0.481 e. The monoisotopic (exact) mass is 373 g/mol. The Kier molecular flexibility index (Phi) is 5.03. The van der Waals surface area contributed by atoms with Crippen LogP contribution in [0.25, 0.3) is 0 Å². The number of thiophene rings is 1. The highest BCUT2D eigenvalue weighted by Crippen LogP contribution is 2.39. The van der Waals surface area contributed by atoms with Crippen molar-refractivity contribution >= 4 is 38.0 Å². The van der Waals surface area contributed by atoms with Crippen molar-refractivity contribution in [2.24, 2.45) is 5.92 Å². The van der Waals surface area contributed by atoms with Gasteiger partial charge in [0, 0.05) is 26.2 Å². The standard InChI is InChI=1S/C15H23N3O4S2/c16-12-10-13(24(21,22)18-6-2-1-3-7-18)23-14(12)17-8-4-11(5-9-17)15(19)20/h10-11H,1-9,16H2,(H,19,20). The Morgan fingerprint density at radius 1 is 1.17 bits per heavy atom. The fourth-order valence-corrected chi connectivity index (χ4v) is 6.42. The van der Waals surface area contributed by atoms with Gasteiger partial charge in [-0.15, -0.1) is 11.3 Å². The number of sulfonamides is 1. The van der Waals surface area contributed by atoms with Crippen LogP contribution in [0.2, 0.25) is 0 Å². The molecule has 0 bridgehead atoms. The third-order valence-electron chi connectivity index (χ3n) is 4.76. The van der Waals surface area contributed by atoms with Crippen LogP contribution in [0.3, 0.4) is 0 Å². The number of piperidine rings is 2. The molecule has 2 saturated heterocycles. The van der Waals surface area contributed by atoms with Crippen LogP contribution >= 0.6 is 11.3 Å². The summed E-state index contributed by atoms with van der Waals surface area (Å²) in [6.07, 6.45) is 3.98. The number of nitrogens with zero attached hydrogens (tertiary/aromatic N) is 2. The first-order valence-corrected chi connectivity index (χ1v) is 10.5. The quantitative estimate of drug-likeness (QED) is 0.834. The normalized spacial score (nSPS) is 21.1. The van der Waals surface area contributed by atoms with Crippen molar-refractivity contribution < 1.29 is 18.3 Å². The van der Waals surface area contributed by atoms with Crippen LogP contribution in [0.4, 0.5) is 10.7 Å². The molecule has 2 fully saturated rings. The molecular formula is C15H23N3O4S2. The summed E-state index contributed by atoms with van der Waals surface area (Å²) in [6.45, 7) is 2.31. The molecule has 0 atom stereocenters. The van der Waals surface area contributed by atoms with E-state index in [0.29, 0.717) is 44.7 Å². The van der Waals surface area contributed by atoms with E-state index in [2.05, 4.69) is 0 Å². The molecule has 0 aliphatic carbocycles. The molecule has 0 radical (unpaired) electrons. The zero-order chi connectivity index (χ0) is 17.3. The van der Waals surface area contributed by atoms with Gasteiger partial charge < -0.3 is 15.7 Å². The molecule has 3 rings (SSSR count). The van der Waals surface area contributed by atoms with Gasteiger partial charge in [-0.2, -0.15) is 4.31 Å². The summed E-state index contributed by atoms with van der Waals surface area (Å²) < 4.78 is 27.4. The molecule has 9 heteroatoms. The minimum atomic E-state index is -3.48. The summed E-state index contributed by atoms with van der Waals surface area (Å²) in [4.78, 5) is 13.1. The highest BCUT2D eigenvalue weighted by Gasteiger charge is 2.31. The zero-order valence-corrected chi connectivity index (χ0v) is 15.1. The van der Waals surface area contributed by atoms with Crippen LogP contribution < -0.4 is 10.6 Å². The number of carboxylic acid groups (broad SMARTS) is 1. The van der Waals surface area contributed by atoms with Crippen LogP contribution in [-0.4, -0.2) is 50.0 Å². The first-order chi connectivity index (χ1) is 11.4. The molecule has 1 aromatic rings. The average Bonchev–Trinajstić information content (AvgIpc) is 2.98. The summed E-state index contributed by atoms with van der Waals surface area (Å²) in [6, 6.07) is 1.55. The van der Waals surface area contributed by atoms with Gasteiger partial charge in [0.25, 0.3) is 10.0 Å². The van der Waals surface area contributed by atoms with E-state index in [1.165, 1.54) is 11.3 Å². The van der Waals surface area contributed by atoms with Crippen molar-refractivity contribution in [3.63, 3.8) is 0 Å². The Morgan fingerprint density at radius 3 is 2.38 bits per heavy atom. The number of anilines is 2. The molecule has 1 aromatic heterocycles. The van der Waals surface area contributed by atoms with Gasteiger partial charge in [-0.3, -0.25) is 4.79 Å². The number of nitrogens with two attached hydrogens (primary N) is 1. The van der Waals surface area contributed by atoms with Gasteiger partial charge >= 0.3 is 5.97 Å². The molecule has 0 spiro atoms. The molecule has 3 heterocycles. The Morgan fingerprint density at radius 2 is 1.79 bits per heavy atom. The van der Waals surface area contributed by atoms with Crippen molar-refractivity contribution in [1.82, 2.24) is 4.31 Å². The summed E-state index contributed by atoms with van der Waals surface area (Å²) >= 11 is 1.20. The van der Waals surface area contributed by atoms with Gasteiger partial charge in [0.15, 0.2) is 0 Å². The van der Waals surface area contributed by atoms with Gasteiger partial charge in [0.2, 0.25) is 0 Å². The smallest absolute Gasteiger partial charge is 0.306 e. The molecule has 0 saturated carbocycles. The lowest BCUT2D eigenvalue weighted by atomic mass is 9.97. The highest BCUT2D eigenvalue weighted by molar-refractivity contribution is 7.91. The molecule has 7 nitrogen and oxygen atoms in total. The average molecular weight is 374 g/mol. The molecule has 134 valence electrons. The van der Waals surface area contributed by atoms with Gasteiger partial charge in [-0.05, 0) is 31.7 Å². The second kappa shape index (κ2) is 6.89. The second-order valence-electron chi connectivity index (χ2n) is 6.39. The van der Waals surface area contributed by atoms with Crippen LogP contribution in [0.1, 0.15) is 32.1 Å². The third kappa shape index (κ3) is 3.38. The van der Waals surface area contributed by atoms with Crippen molar-refractivity contribution in [3.05, 3.63) is 6.07 Å². The molecule has 0 amide bonds. The maximum absolute atomic E-state index is 12.8. The predicted octanol–water partition coefficient (Wildman–Crippen LogP) is 1.81. The lowest BCUT2D eigenvalue weighted by Gasteiger charge is -2.31. The molecule has 2 aliphatic heterocycles. The van der Waals surface area contributed by atoms with Gasteiger partial charge in [0.1, 0.15) is 9.21 Å². The Labute approximate surface area is 146 Å². The Balaban J connectivity index is 1.77. The number of carboxylic acids is 1. The lowest BCUT2D eigenvalue weighted by Crippen LogP contribution is -2.36. The van der Waals surface area contributed by atoms with Gasteiger partial charge in [-0.1, -0.05) is 6.42 Å². The second-order valence-corrected chi connectivity index (χ2v) is 9.59. The number of hydrogen-bond acceptors (Lipinski definition) is 6. The van der Waals surface area contributed by atoms with E-state index in [0.717, 1.165) is 24.3 Å². The highest BCUT2D eigenvalue weighted by atomic mass is 32.2.